The Bertz CT molecular complexity index is 435. The molecule has 7 heteroatoms. The van der Waals surface area contributed by atoms with Crippen LogP contribution in [0.15, 0.2) is 4.99 Å². The Morgan fingerprint density at radius 1 is 1.58 bits per heavy atom. The van der Waals surface area contributed by atoms with Gasteiger partial charge in [0, 0.05) is 13.2 Å². The monoisotopic (exact) mass is 266 g/mol. The van der Waals surface area contributed by atoms with Crippen molar-refractivity contribution < 1.29 is 4.74 Å². The highest BCUT2D eigenvalue weighted by Crippen LogP contribution is 2.10. The number of ether oxygens (including phenoxy) is 1. The zero-order valence-electron chi connectivity index (χ0n) is 11.6. The van der Waals surface area contributed by atoms with Crippen molar-refractivity contribution in [3.8, 4) is 0 Å². The Labute approximate surface area is 113 Å². The number of nitrogens with zero attached hydrogens (tertiary/aromatic N) is 4. The molecule has 106 valence electrons. The number of rotatable bonds is 5. The molecular formula is C12H22N6O. The lowest BCUT2D eigenvalue weighted by molar-refractivity contribution is 0.114. The Kier molecular flexibility index (Phi) is 4.73. The van der Waals surface area contributed by atoms with Crippen LogP contribution in [0.2, 0.25) is 0 Å². The van der Waals surface area contributed by atoms with E-state index in [9.17, 15) is 0 Å². The fourth-order valence-electron chi connectivity index (χ4n) is 1.99. The second kappa shape index (κ2) is 6.51. The average Bonchev–Trinajstić information content (AvgIpc) is 3.03. The van der Waals surface area contributed by atoms with Crippen LogP contribution in [0.5, 0.6) is 0 Å². The van der Waals surface area contributed by atoms with E-state index in [1.54, 1.807) is 4.80 Å². The molecule has 1 aromatic rings. The van der Waals surface area contributed by atoms with Crippen molar-refractivity contribution in [2.75, 3.05) is 13.2 Å². The molecule has 0 radical (unpaired) electrons. The van der Waals surface area contributed by atoms with E-state index in [0.29, 0.717) is 12.5 Å². The standard InChI is InChI=1S/C12H22N6O/c1-3-18-16-9(2)11(17-18)8-15-12(13)14-7-10-5-4-6-19-10/h10H,3-8H2,1-2H3,(H3,13,14,15). The van der Waals surface area contributed by atoms with Crippen molar-refractivity contribution in [1.82, 2.24) is 20.3 Å². The van der Waals surface area contributed by atoms with Gasteiger partial charge in [-0.1, -0.05) is 0 Å². The van der Waals surface area contributed by atoms with Crippen molar-refractivity contribution in [1.29, 1.82) is 0 Å². The van der Waals surface area contributed by atoms with E-state index >= 15 is 0 Å². The number of hydrogen-bond donors (Lipinski definition) is 2. The summed E-state index contributed by atoms with van der Waals surface area (Å²) in [5.74, 6) is 0.431. The number of nitrogens with two attached hydrogens (primary N) is 1. The van der Waals surface area contributed by atoms with E-state index < -0.39 is 0 Å². The summed E-state index contributed by atoms with van der Waals surface area (Å²) in [6, 6.07) is 0. The van der Waals surface area contributed by atoms with Crippen molar-refractivity contribution in [3.63, 3.8) is 0 Å². The first-order valence-electron chi connectivity index (χ1n) is 6.75. The van der Waals surface area contributed by atoms with Gasteiger partial charge in [0.25, 0.3) is 0 Å². The summed E-state index contributed by atoms with van der Waals surface area (Å²) in [5, 5.41) is 11.7. The molecule has 0 bridgehead atoms. The Morgan fingerprint density at radius 3 is 3.05 bits per heavy atom. The van der Waals surface area contributed by atoms with Gasteiger partial charge in [0.2, 0.25) is 0 Å². The number of aryl methyl sites for hydroxylation is 2. The molecule has 0 saturated carbocycles. The molecule has 2 heterocycles. The fourth-order valence-corrected chi connectivity index (χ4v) is 1.99. The number of aliphatic imine (C=N–C) groups is 1. The van der Waals surface area contributed by atoms with Gasteiger partial charge in [-0.25, -0.2) is 4.99 Å². The predicted molar refractivity (Wildman–Crippen MR) is 72.7 cm³/mol. The van der Waals surface area contributed by atoms with Crippen molar-refractivity contribution >= 4 is 5.96 Å². The van der Waals surface area contributed by atoms with Gasteiger partial charge < -0.3 is 15.8 Å². The molecule has 0 aliphatic carbocycles. The zero-order valence-corrected chi connectivity index (χ0v) is 11.6. The molecule has 1 aliphatic rings. The van der Waals surface area contributed by atoms with Gasteiger partial charge >= 0.3 is 0 Å². The predicted octanol–water partition coefficient (Wildman–Crippen LogP) is 0.190. The molecule has 19 heavy (non-hydrogen) atoms. The fraction of sp³-hybridized carbons (Fsp3) is 0.750. The lowest BCUT2D eigenvalue weighted by Gasteiger charge is -2.10. The maximum atomic E-state index is 5.82. The highest BCUT2D eigenvalue weighted by atomic mass is 16.5. The van der Waals surface area contributed by atoms with Crippen LogP contribution in [0.25, 0.3) is 0 Å². The molecule has 1 aliphatic heterocycles. The maximum Gasteiger partial charge on any atom is 0.189 e. The van der Waals surface area contributed by atoms with E-state index in [0.717, 1.165) is 43.9 Å². The Hall–Kier alpha value is -1.63. The highest BCUT2D eigenvalue weighted by molar-refractivity contribution is 5.77. The SMILES string of the molecule is CCn1nc(C)c(CN=C(N)NCC2CCCO2)n1. The maximum absolute atomic E-state index is 5.82. The molecule has 0 amide bonds. The van der Waals surface area contributed by atoms with Gasteiger partial charge in [-0.15, -0.1) is 0 Å². The molecule has 1 unspecified atom stereocenters. The minimum Gasteiger partial charge on any atom is -0.376 e. The van der Waals surface area contributed by atoms with Gasteiger partial charge in [0.15, 0.2) is 5.96 Å². The summed E-state index contributed by atoms with van der Waals surface area (Å²) in [4.78, 5) is 5.94. The van der Waals surface area contributed by atoms with Crippen molar-refractivity contribution in [2.45, 2.75) is 45.9 Å². The zero-order chi connectivity index (χ0) is 13.7. The molecule has 2 rings (SSSR count). The van der Waals surface area contributed by atoms with Gasteiger partial charge in [-0.3, -0.25) is 0 Å². The van der Waals surface area contributed by atoms with Gasteiger partial charge in [-0.2, -0.15) is 15.0 Å². The lowest BCUT2D eigenvalue weighted by Crippen LogP contribution is -2.37. The average molecular weight is 266 g/mol. The summed E-state index contributed by atoms with van der Waals surface area (Å²) in [5.41, 5.74) is 7.58. The third-order valence-corrected chi connectivity index (χ3v) is 3.14. The summed E-state index contributed by atoms with van der Waals surface area (Å²) < 4.78 is 5.50. The second-order valence-corrected chi connectivity index (χ2v) is 4.64. The third kappa shape index (κ3) is 3.92. The van der Waals surface area contributed by atoms with Crippen LogP contribution < -0.4 is 11.1 Å². The van der Waals surface area contributed by atoms with Gasteiger partial charge in [0.1, 0.15) is 5.69 Å². The molecule has 0 spiro atoms. The number of hydrogen-bond acceptors (Lipinski definition) is 4. The molecule has 7 nitrogen and oxygen atoms in total. The number of guanidine groups is 1. The van der Waals surface area contributed by atoms with E-state index in [1.165, 1.54) is 0 Å². The topological polar surface area (TPSA) is 90.4 Å². The smallest absolute Gasteiger partial charge is 0.189 e. The first-order chi connectivity index (χ1) is 9.19. The number of nitrogens with one attached hydrogen (secondary N) is 1. The Balaban J connectivity index is 1.81. The molecule has 1 saturated heterocycles. The van der Waals surface area contributed by atoms with Crippen LogP contribution in [-0.2, 0) is 17.8 Å². The van der Waals surface area contributed by atoms with E-state index in [-0.39, 0.29) is 6.10 Å². The van der Waals surface area contributed by atoms with Crippen LogP contribution >= 0.6 is 0 Å². The van der Waals surface area contributed by atoms with E-state index in [2.05, 4.69) is 20.5 Å². The van der Waals surface area contributed by atoms with Gasteiger partial charge in [-0.05, 0) is 26.7 Å². The Morgan fingerprint density at radius 2 is 2.42 bits per heavy atom. The van der Waals surface area contributed by atoms with Gasteiger partial charge in [0.05, 0.1) is 24.9 Å². The molecule has 3 N–H and O–H groups in total. The summed E-state index contributed by atoms with van der Waals surface area (Å²) in [6.07, 6.45) is 2.48. The molecule has 1 atom stereocenters. The first-order valence-corrected chi connectivity index (χ1v) is 6.75. The minimum atomic E-state index is 0.261. The number of aromatic nitrogens is 3. The van der Waals surface area contributed by atoms with Crippen LogP contribution in [0.4, 0.5) is 0 Å². The van der Waals surface area contributed by atoms with Crippen LogP contribution in [0, 0.1) is 6.92 Å². The highest BCUT2D eigenvalue weighted by Gasteiger charge is 2.15. The van der Waals surface area contributed by atoms with Crippen molar-refractivity contribution in [2.24, 2.45) is 10.7 Å². The molecule has 0 aromatic carbocycles. The molecule has 1 fully saturated rings. The quantitative estimate of drug-likeness (QED) is 0.586. The van der Waals surface area contributed by atoms with Crippen LogP contribution in [-0.4, -0.2) is 40.2 Å². The second-order valence-electron chi connectivity index (χ2n) is 4.64. The summed E-state index contributed by atoms with van der Waals surface area (Å²) >= 11 is 0. The van der Waals surface area contributed by atoms with Crippen molar-refractivity contribution in [3.05, 3.63) is 11.4 Å². The third-order valence-electron chi connectivity index (χ3n) is 3.14. The molecular weight excluding hydrogens is 244 g/mol. The van der Waals surface area contributed by atoms with Crippen LogP contribution in [0.1, 0.15) is 31.2 Å². The molecule has 1 aromatic heterocycles. The minimum absolute atomic E-state index is 0.261. The van der Waals surface area contributed by atoms with Crippen LogP contribution in [0.3, 0.4) is 0 Å². The normalized spacial score (nSPS) is 19.9. The van der Waals surface area contributed by atoms with E-state index in [4.69, 9.17) is 10.5 Å². The largest absolute Gasteiger partial charge is 0.376 e. The summed E-state index contributed by atoms with van der Waals surface area (Å²) in [7, 11) is 0. The lowest BCUT2D eigenvalue weighted by atomic mass is 10.2. The summed E-state index contributed by atoms with van der Waals surface area (Å²) in [6.45, 7) is 6.72. The first kappa shape index (κ1) is 13.8. The van der Waals surface area contributed by atoms with E-state index in [1.807, 2.05) is 13.8 Å².